The molecule has 0 fully saturated rings. The van der Waals surface area contributed by atoms with Crippen molar-refractivity contribution in [2.24, 2.45) is 0 Å². The number of ketones is 2. The molecule has 0 saturated carbocycles. The van der Waals surface area contributed by atoms with E-state index in [1.54, 1.807) is 0 Å². The number of nitrogens with zero attached hydrogens (tertiary/aromatic N) is 2. The maximum absolute atomic E-state index is 13.1. The van der Waals surface area contributed by atoms with Gasteiger partial charge in [-0.15, -0.1) is 0 Å². The summed E-state index contributed by atoms with van der Waals surface area (Å²) in [5.41, 5.74) is 13.2. The molecule has 0 N–H and O–H groups in total. The molecule has 8 aromatic carbocycles. The molecule has 270 valence electrons. The monoisotopic (exact) mass is 724 g/mol. The Hall–Kier alpha value is -7.30. The van der Waals surface area contributed by atoms with Gasteiger partial charge in [0.05, 0.1) is 0 Å². The van der Waals surface area contributed by atoms with E-state index in [0.717, 1.165) is 45.3 Å². The second-order valence-electron chi connectivity index (χ2n) is 13.9. The Labute approximate surface area is 328 Å². The van der Waals surface area contributed by atoms with E-state index in [4.69, 9.17) is 0 Å². The van der Waals surface area contributed by atoms with Gasteiger partial charge >= 0.3 is 0 Å². The lowest BCUT2D eigenvalue weighted by atomic mass is 10.0. The number of hydrogen-bond donors (Lipinski definition) is 0. The fourth-order valence-corrected chi connectivity index (χ4v) is 6.92. The van der Waals surface area contributed by atoms with Crippen LogP contribution in [-0.2, 0) is 0 Å². The molecule has 0 aliphatic rings. The average molecular weight is 725 g/mol. The van der Waals surface area contributed by atoms with Crippen molar-refractivity contribution >= 4 is 45.7 Å². The normalized spacial score (nSPS) is 10.8. The number of carbonyl (C=O) groups is 2. The van der Waals surface area contributed by atoms with Crippen LogP contribution >= 0.6 is 0 Å². The van der Waals surface area contributed by atoms with E-state index >= 15 is 0 Å². The number of benzene rings is 8. The van der Waals surface area contributed by atoms with Gasteiger partial charge in [0.25, 0.3) is 0 Å². The minimum Gasteiger partial charge on any atom is -0.311 e. The molecule has 0 amide bonds. The summed E-state index contributed by atoms with van der Waals surface area (Å²) in [4.78, 5) is 30.7. The van der Waals surface area contributed by atoms with Crippen LogP contribution in [0, 0.1) is 13.8 Å². The van der Waals surface area contributed by atoms with Crippen LogP contribution in [0.15, 0.2) is 206 Å². The highest BCUT2D eigenvalue weighted by atomic mass is 16.1. The predicted octanol–water partition coefficient (Wildman–Crippen LogP) is 13.4. The first kappa shape index (κ1) is 35.7. The Morgan fingerprint density at radius 2 is 0.518 bits per heavy atom. The zero-order valence-corrected chi connectivity index (χ0v) is 31.3. The lowest BCUT2D eigenvalue weighted by Gasteiger charge is -2.26. The zero-order chi connectivity index (χ0) is 38.4. The summed E-state index contributed by atoms with van der Waals surface area (Å²) in [7, 11) is 0. The van der Waals surface area contributed by atoms with Gasteiger partial charge in [-0.2, -0.15) is 0 Å². The Morgan fingerprint density at radius 1 is 0.286 bits per heavy atom. The highest BCUT2D eigenvalue weighted by molar-refractivity contribution is 6.09. The van der Waals surface area contributed by atoms with Crippen molar-refractivity contribution in [2.75, 3.05) is 9.80 Å². The van der Waals surface area contributed by atoms with E-state index in [1.807, 2.05) is 109 Å². The molecule has 0 heterocycles. The van der Waals surface area contributed by atoms with Crippen LogP contribution in [0.25, 0.3) is 11.1 Å². The molecule has 0 radical (unpaired) electrons. The van der Waals surface area contributed by atoms with E-state index in [0.29, 0.717) is 22.3 Å². The number of carbonyl (C=O) groups excluding carboxylic acids is 2. The van der Waals surface area contributed by atoms with Gasteiger partial charge in [0.1, 0.15) is 0 Å². The van der Waals surface area contributed by atoms with E-state index in [-0.39, 0.29) is 11.6 Å². The van der Waals surface area contributed by atoms with Gasteiger partial charge in [-0.25, -0.2) is 0 Å². The highest BCUT2D eigenvalue weighted by Gasteiger charge is 2.17. The van der Waals surface area contributed by atoms with Crippen molar-refractivity contribution in [1.29, 1.82) is 0 Å². The average Bonchev–Trinajstić information content (AvgIpc) is 3.26. The van der Waals surface area contributed by atoms with Gasteiger partial charge < -0.3 is 9.80 Å². The van der Waals surface area contributed by atoms with Crippen molar-refractivity contribution in [2.45, 2.75) is 13.8 Å². The molecule has 0 bridgehead atoms. The second kappa shape index (κ2) is 16.0. The summed E-state index contributed by atoms with van der Waals surface area (Å²) >= 11 is 0. The summed E-state index contributed by atoms with van der Waals surface area (Å²) in [5.74, 6) is 0.00856. The van der Waals surface area contributed by atoms with E-state index < -0.39 is 0 Å². The minimum atomic E-state index is 0.00428. The molecule has 0 unspecified atom stereocenters. The summed E-state index contributed by atoms with van der Waals surface area (Å²) in [5, 5.41) is 0. The predicted molar refractivity (Wildman–Crippen MR) is 230 cm³/mol. The molecule has 4 heteroatoms. The molecular formula is C52H40N2O2. The third-order valence-corrected chi connectivity index (χ3v) is 10.0. The maximum Gasteiger partial charge on any atom is 0.193 e. The number of anilines is 6. The standard InChI is InChI=1S/C52H40N2O2/c1-37-13-25-45(26-14-37)53(49-33-21-43(22-34-49)51(55)41-9-5-3-6-10-41)47-29-17-39(18-30-47)40-19-31-48(32-20-40)54(46-27-15-38(2)16-28-46)50-35-23-44(24-36-50)52(56)42-11-7-4-8-12-42/h3-36H,1-2H3. The lowest BCUT2D eigenvalue weighted by Crippen LogP contribution is -2.11. The van der Waals surface area contributed by atoms with Crippen LogP contribution in [0.2, 0.25) is 0 Å². The van der Waals surface area contributed by atoms with Gasteiger partial charge in [0.2, 0.25) is 0 Å². The summed E-state index contributed by atoms with van der Waals surface area (Å²) in [6, 6.07) is 68.6. The Kier molecular flexibility index (Phi) is 10.2. The van der Waals surface area contributed by atoms with Crippen molar-refractivity contribution in [3.05, 3.63) is 240 Å². The second-order valence-corrected chi connectivity index (χ2v) is 13.9. The smallest absolute Gasteiger partial charge is 0.193 e. The zero-order valence-electron chi connectivity index (χ0n) is 31.3. The number of rotatable bonds is 11. The summed E-state index contributed by atoms with van der Waals surface area (Å²) in [6.07, 6.45) is 0. The third-order valence-electron chi connectivity index (χ3n) is 10.0. The van der Waals surface area contributed by atoms with Crippen LogP contribution in [0.1, 0.15) is 43.0 Å². The SMILES string of the molecule is Cc1ccc(N(c2ccc(C(=O)c3ccccc3)cc2)c2ccc(-c3ccc(N(c4ccc(C)cc4)c4ccc(C(=O)c5ccccc5)cc4)cc3)cc2)cc1. The van der Waals surface area contributed by atoms with E-state index in [9.17, 15) is 9.59 Å². The van der Waals surface area contributed by atoms with Gasteiger partial charge in [0, 0.05) is 56.4 Å². The lowest BCUT2D eigenvalue weighted by molar-refractivity contribution is 0.103. The molecule has 4 nitrogen and oxygen atoms in total. The largest absolute Gasteiger partial charge is 0.311 e. The Balaban J connectivity index is 1.07. The van der Waals surface area contributed by atoms with Gasteiger partial charge in [0.15, 0.2) is 11.6 Å². The molecule has 0 aliphatic heterocycles. The number of hydrogen-bond acceptors (Lipinski definition) is 4. The fraction of sp³-hybridized carbons (Fsp3) is 0.0385. The van der Waals surface area contributed by atoms with Gasteiger partial charge in [-0.3, -0.25) is 9.59 Å². The molecule has 0 aromatic heterocycles. The molecule has 0 spiro atoms. The summed E-state index contributed by atoms with van der Waals surface area (Å²) < 4.78 is 0. The molecule has 0 saturated heterocycles. The van der Waals surface area contributed by atoms with Crippen LogP contribution in [0.5, 0.6) is 0 Å². The quantitative estimate of drug-likeness (QED) is 0.125. The van der Waals surface area contributed by atoms with Crippen LogP contribution in [-0.4, -0.2) is 11.6 Å². The highest BCUT2D eigenvalue weighted by Crippen LogP contribution is 2.38. The first-order valence-electron chi connectivity index (χ1n) is 18.7. The first-order chi connectivity index (χ1) is 27.4. The van der Waals surface area contributed by atoms with Crippen molar-refractivity contribution in [3.8, 4) is 11.1 Å². The van der Waals surface area contributed by atoms with Crippen molar-refractivity contribution in [1.82, 2.24) is 0 Å². The minimum absolute atomic E-state index is 0.00428. The molecular weight excluding hydrogens is 685 g/mol. The Morgan fingerprint density at radius 3 is 0.804 bits per heavy atom. The molecule has 0 atom stereocenters. The maximum atomic E-state index is 13.1. The van der Waals surface area contributed by atoms with Crippen LogP contribution in [0.3, 0.4) is 0 Å². The van der Waals surface area contributed by atoms with Crippen molar-refractivity contribution in [3.63, 3.8) is 0 Å². The molecule has 0 aliphatic carbocycles. The first-order valence-corrected chi connectivity index (χ1v) is 18.7. The fourth-order valence-electron chi connectivity index (χ4n) is 6.92. The molecule has 56 heavy (non-hydrogen) atoms. The molecule has 8 rings (SSSR count). The molecule has 8 aromatic rings. The third kappa shape index (κ3) is 7.68. The van der Waals surface area contributed by atoms with Gasteiger partial charge in [-0.05, 0) is 122 Å². The van der Waals surface area contributed by atoms with Crippen LogP contribution in [0.4, 0.5) is 34.1 Å². The van der Waals surface area contributed by atoms with E-state index in [2.05, 4.69) is 121 Å². The van der Waals surface area contributed by atoms with Gasteiger partial charge in [-0.1, -0.05) is 120 Å². The van der Waals surface area contributed by atoms with Crippen molar-refractivity contribution < 1.29 is 9.59 Å². The topological polar surface area (TPSA) is 40.6 Å². The van der Waals surface area contributed by atoms with Crippen LogP contribution < -0.4 is 9.80 Å². The summed E-state index contributed by atoms with van der Waals surface area (Å²) in [6.45, 7) is 4.17. The van der Waals surface area contributed by atoms with E-state index in [1.165, 1.54) is 11.1 Å². The Bertz CT molecular complexity index is 2380. The number of aryl methyl sites for hydroxylation is 2.